The fourth-order valence-corrected chi connectivity index (χ4v) is 4.46. The van der Waals surface area contributed by atoms with Gasteiger partial charge in [0.15, 0.2) is 0 Å². The molecule has 0 aromatic carbocycles. The second-order valence-electron chi connectivity index (χ2n) is 7.51. The Bertz CT molecular complexity index is 541. The summed E-state index contributed by atoms with van der Waals surface area (Å²) < 4.78 is 62.0. The molecule has 12 heteroatoms. The molecule has 216 valence electrons. The Morgan fingerprint density at radius 1 is 0.472 bits per heavy atom. The highest BCUT2D eigenvalue weighted by molar-refractivity contribution is 4.89. The van der Waals surface area contributed by atoms with Crippen molar-refractivity contribution in [1.29, 1.82) is 0 Å². The minimum absolute atomic E-state index is 0.165. The Labute approximate surface area is 216 Å². The van der Waals surface area contributed by atoms with Crippen molar-refractivity contribution in [1.82, 2.24) is 0 Å². The van der Waals surface area contributed by atoms with Crippen LogP contribution in [0.15, 0.2) is 0 Å². The average Bonchev–Trinajstić information content (AvgIpc) is 2.83. The predicted octanol–water partition coefficient (Wildman–Crippen LogP) is 3.30. The molecule has 0 aliphatic carbocycles. The standard InChI is InChI=1S/C24H50NO11/c1-11-26-20-35-25(10)21(27-12-2,28-13-3)23(31-16-6,32-17-7)36-24(33-18-8,34-19-9)22(25,29-14-4)30-15-5/h11-20H2,1-10H3/q+1. The van der Waals surface area contributed by atoms with Crippen LogP contribution in [0.3, 0.4) is 0 Å². The van der Waals surface area contributed by atoms with E-state index in [1.165, 1.54) is 0 Å². The van der Waals surface area contributed by atoms with Crippen molar-refractivity contribution in [2.45, 2.75) is 86.1 Å². The molecule has 0 bridgehead atoms. The van der Waals surface area contributed by atoms with E-state index in [0.717, 1.165) is 0 Å². The lowest BCUT2D eigenvalue weighted by atomic mass is 10.1. The Balaban J connectivity index is 4.30. The molecule has 0 aromatic rings. The van der Waals surface area contributed by atoms with Gasteiger partial charge in [0.25, 0.3) is 0 Å². The summed E-state index contributed by atoms with van der Waals surface area (Å²) in [6, 6.07) is 0. The van der Waals surface area contributed by atoms with E-state index >= 15 is 0 Å². The van der Waals surface area contributed by atoms with Gasteiger partial charge in [-0.05, 0) is 62.3 Å². The van der Waals surface area contributed by atoms with Crippen molar-refractivity contribution < 1.29 is 56.9 Å². The van der Waals surface area contributed by atoms with Crippen LogP contribution in [0.4, 0.5) is 0 Å². The van der Waals surface area contributed by atoms with Crippen LogP contribution in [0.5, 0.6) is 0 Å². The number of morpholine rings is 1. The van der Waals surface area contributed by atoms with Crippen LogP contribution in [-0.4, -0.2) is 102 Å². The molecule has 0 N–H and O–H groups in total. The van der Waals surface area contributed by atoms with Gasteiger partial charge in [-0.3, -0.25) is 18.9 Å². The summed E-state index contributed by atoms with van der Waals surface area (Å²) in [6.07, 6.45) is 0. The summed E-state index contributed by atoms with van der Waals surface area (Å²) in [5.74, 6) is -8.01. The summed E-state index contributed by atoms with van der Waals surface area (Å²) in [6.45, 7) is 17.8. The first-order chi connectivity index (χ1) is 17.3. The van der Waals surface area contributed by atoms with Crippen LogP contribution >= 0.6 is 0 Å². The number of rotatable bonds is 20. The summed E-state index contributed by atoms with van der Waals surface area (Å²) in [4.78, 5) is 6.46. The minimum Gasteiger partial charge on any atom is -0.350 e. The number of likely N-dealkylation sites (N-methyl/N-ethyl adjacent to an activating group) is 1. The van der Waals surface area contributed by atoms with Crippen molar-refractivity contribution in [2.75, 3.05) is 73.3 Å². The lowest BCUT2D eigenvalue weighted by molar-refractivity contribution is -1.25. The van der Waals surface area contributed by atoms with Crippen LogP contribution in [-0.2, 0) is 52.2 Å². The van der Waals surface area contributed by atoms with Crippen LogP contribution in [0, 0.1) is 0 Å². The van der Waals surface area contributed by atoms with Crippen molar-refractivity contribution >= 4 is 0 Å². The smallest absolute Gasteiger partial charge is 0.350 e. The third kappa shape index (κ3) is 5.61. The van der Waals surface area contributed by atoms with E-state index in [4.69, 9.17) is 52.2 Å². The molecular weight excluding hydrogens is 478 g/mol. The quantitative estimate of drug-likeness (QED) is 0.132. The highest BCUT2D eigenvalue weighted by atomic mass is 17.1. The molecule has 1 rings (SSSR count). The first-order valence-electron chi connectivity index (χ1n) is 13.2. The Morgan fingerprint density at radius 2 is 0.778 bits per heavy atom. The van der Waals surface area contributed by atoms with E-state index in [2.05, 4.69) is 0 Å². The molecule has 0 atom stereocenters. The maximum absolute atomic E-state index is 6.64. The molecule has 0 unspecified atom stereocenters. The van der Waals surface area contributed by atoms with Gasteiger partial charge in [0.1, 0.15) is 7.05 Å². The molecule has 0 aromatic heterocycles. The molecule has 1 fully saturated rings. The van der Waals surface area contributed by atoms with Gasteiger partial charge in [0.05, 0.1) is 52.9 Å². The number of ether oxygens (including phenoxy) is 10. The maximum atomic E-state index is 6.64. The van der Waals surface area contributed by atoms with Crippen LogP contribution < -0.4 is 0 Å². The molecule has 12 nitrogen and oxygen atoms in total. The monoisotopic (exact) mass is 528 g/mol. The van der Waals surface area contributed by atoms with Gasteiger partial charge in [-0.2, -0.15) is 4.84 Å². The lowest BCUT2D eigenvalue weighted by Crippen LogP contribution is -2.94. The number of quaternary nitrogens is 1. The molecule has 1 heterocycles. The van der Waals surface area contributed by atoms with Gasteiger partial charge in [-0.15, -0.1) is 0 Å². The maximum Gasteiger partial charge on any atom is 0.440 e. The SMILES string of the molecule is CCOCO[N+]1(C)C(OCC)(OCC)C(OCC)(OCC)OC(OCC)(OCC)C1(OCC)OCC. The Morgan fingerprint density at radius 3 is 1.03 bits per heavy atom. The zero-order valence-corrected chi connectivity index (χ0v) is 24.0. The lowest BCUT2D eigenvalue weighted by Gasteiger charge is -2.64. The van der Waals surface area contributed by atoms with Gasteiger partial charge in [-0.25, -0.2) is 4.74 Å². The number of hydroxylamine groups is 3. The highest BCUT2D eigenvalue weighted by Gasteiger charge is 2.92. The fraction of sp³-hybridized carbons (Fsp3) is 1.00. The van der Waals surface area contributed by atoms with E-state index in [-0.39, 0.29) is 59.6 Å². The molecule has 1 saturated heterocycles. The van der Waals surface area contributed by atoms with Gasteiger partial charge in [0.2, 0.25) is 6.79 Å². The largest absolute Gasteiger partial charge is 0.440 e. The third-order valence-electron chi connectivity index (χ3n) is 5.46. The van der Waals surface area contributed by atoms with E-state index in [1.807, 2.05) is 34.6 Å². The topological polar surface area (TPSA) is 102 Å². The molecule has 0 saturated carbocycles. The Hall–Kier alpha value is -0.480. The van der Waals surface area contributed by atoms with Gasteiger partial charge in [0, 0.05) is 6.61 Å². The van der Waals surface area contributed by atoms with Gasteiger partial charge < -0.3 is 23.7 Å². The summed E-state index contributed by atoms with van der Waals surface area (Å²) in [7, 11) is 1.66. The molecule has 1 aliphatic heterocycles. The zero-order valence-electron chi connectivity index (χ0n) is 24.0. The van der Waals surface area contributed by atoms with Crippen LogP contribution in [0.1, 0.15) is 62.3 Å². The molecule has 0 amide bonds. The van der Waals surface area contributed by atoms with E-state index in [1.54, 1.807) is 34.7 Å². The van der Waals surface area contributed by atoms with Crippen LogP contribution in [0.25, 0.3) is 0 Å². The highest BCUT2D eigenvalue weighted by Crippen LogP contribution is 2.58. The van der Waals surface area contributed by atoms with Crippen molar-refractivity contribution in [3.05, 3.63) is 0 Å². The van der Waals surface area contributed by atoms with Crippen molar-refractivity contribution in [3.8, 4) is 0 Å². The fourth-order valence-electron chi connectivity index (χ4n) is 4.46. The number of hydrogen-bond acceptors (Lipinski definition) is 11. The second-order valence-corrected chi connectivity index (χ2v) is 7.51. The third-order valence-corrected chi connectivity index (χ3v) is 5.46. The predicted molar refractivity (Wildman–Crippen MR) is 129 cm³/mol. The summed E-state index contributed by atoms with van der Waals surface area (Å²) >= 11 is 0. The summed E-state index contributed by atoms with van der Waals surface area (Å²) in [5.41, 5.74) is 0. The first kappa shape index (κ1) is 33.5. The van der Waals surface area contributed by atoms with Gasteiger partial charge in [-0.1, -0.05) is 4.65 Å². The first-order valence-corrected chi connectivity index (χ1v) is 13.2. The molecule has 1 aliphatic rings. The van der Waals surface area contributed by atoms with E-state index < -0.39 is 28.4 Å². The normalized spacial score (nSPS) is 21.5. The second kappa shape index (κ2) is 15.2. The Kier molecular flexibility index (Phi) is 14.2. The molecule has 0 spiro atoms. The number of nitrogens with zero attached hydrogens (tertiary/aromatic N) is 1. The zero-order chi connectivity index (χ0) is 27.3. The minimum atomic E-state index is -2.05. The van der Waals surface area contributed by atoms with E-state index in [9.17, 15) is 0 Å². The molecular formula is C24H50NO11+. The molecule has 0 radical (unpaired) electrons. The van der Waals surface area contributed by atoms with Crippen LogP contribution in [0.2, 0.25) is 0 Å². The van der Waals surface area contributed by atoms with Crippen molar-refractivity contribution in [2.24, 2.45) is 0 Å². The average molecular weight is 529 g/mol. The van der Waals surface area contributed by atoms with Gasteiger partial charge >= 0.3 is 23.8 Å². The summed E-state index contributed by atoms with van der Waals surface area (Å²) in [5, 5.41) is 0. The van der Waals surface area contributed by atoms with E-state index in [0.29, 0.717) is 6.61 Å². The van der Waals surface area contributed by atoms with Crippen molar-refractivity contribution in [3.63, 3.8) is 0 Å². The molecule has 36 heavy (non-hydrogen) atoms. The number of hydrogen-bond donors (Lipinski definition) is 0.